The second kappa shape index (κ2) is 15.6. The Hall–Kier alpha value is -5.34. The van der Waals surface area contributed by atoms with Crippen LogP contribution in [0.1, 0.15) is 109 Å². The topological polar surface area (TPSA) is 6.48 Å². The first-order valence-corrected chi connectivity index (χ1v) is 26.1. The van der Waals surface area contributed by atoms with E-state index in [1.165, 1.54) is 59.9 Å². The average molecular weight is 865 g/mol. The summed E-state index contributed by atoms with van der Waals surface area (Å²) in [4.78, 5) is 5.81. The molecule has 3 aromatic carbocycles. The molecular formula is C64H68N2. The lowest BCUT2D eigenvalue weighted by molar-refractivity contribution is 0.115. The lowest BCUT2D eigenvalue weighted by atomic mass is 9.58. The summed E-state index contributed by atoms with van der Waals surface area (Å²) in [6, 6.07) is 24.9. The Labute approximate surface area is 395 Å². The average Bonchev–Trinajstić information content (AvgIpc) is 3.92. The Morgan fingerprint density at radius 3 is 2.32 bits per heavy atom. The maximum absolute atomic E-state index is 2.94. The van der Waals surface area contributed by atoms with E-state index in [1.807, 2.05) is 0 Å². The van der Waals surface area contributed by atoms with Crippen LogP contribution in [0.3, 0.4) is 0 Å². The number of nitrogens with zero attached hydrogens (tertiary/aromatic N) is 2. The van der Waals surface area contributed by atoms with Gasteiger partial charge in [-0.3, -0.25) is 0 Å². The predicted molar refractivity (Wildman–Crippen MR) is 278 cm³/mol. The molecule has 0 amide bonds. The van der Waals surface area contributed by atoms with Crippen molar-refractivity contribution in [2.45, 2.75) is 122 Å². The Morgan fingerprint density at radius 2 is 1.45 bits per heavy atom. The molecule has 9 unspecified atom stereocenters. The minimum atomic E-state index is -0.0531. The van der Waals surface area contributed by atoms with Gasteiger partial charge in [-0.15, -0.1) is 0 Å². The van der Waals surface area contributed by atoms with E-state index in [-0.39, 0.29) is 22.9 Å². The molecule has 334 valence electrons. The van der Waals surface area contributed by atoms with Crippen molar-refractivity contribution < 1.29 is 0 Å². The van der Waals surface area contributed by atoms with E-state index in [1.54, 1.807) is 44.6 Å². The van der Waals surface area contributed by atoms with Crippen molar-refractivity contribution >= 4 is 27.7 Å². The van der Waals surface area contributed by atoms with Crippen molar-refractivity contribution in [3.63, 3.8) is 0 Å². The number of allylic oxidation sites excluding steroid dienone is 18. The largest absolute Gasteiger partial charge is 0.357 e. The van der Waals surface area contributed by atoms with Gasteiger partial charge >= 0.3 is 0 Å². The molecule has 10 atom stereocenters. The first kappa shape index (κ1) is 40.9. The molecule has 0 aliphatic heterocycles. The maximum atomic E-state index is 2.94. The standard InChI is InChI=1S/C64H68N2/c1-41-20-8-17-33-58(41)66(45-36-37-49-48-26-11-14-29-52(48)63(3,4)56(49)39-45)60-35-19-32-55-62(60)51-28-13-16-31-54(51)64(55)53-30-15-12-27-50(53)61-42(2)38-46(40-57(61)64)65(44-23-6-5-7-24-44)59-34-18-22-43-21-9-10-25-47(43)59/h5-6,8-10,14-23,25,29-37,41-42,45-46,50,53,57-58,61H,7,11-13,24,26-28,38-40H2,1-4H3/t41?,42?,45?,46?,50-,53?,57?,58?,61?,64?/m0/s1. The molecule has 1 spiro atoms. The van der Waals surface area contributed by atoms with Gasteiger partial charge in [-0.1, -0.05) is 167 Å². The number of rotatable bonds is 6. The summed E-state index contributed by atoms with van der Waals surface area (Å²) in [5, 5.41) is 2.72. The van der Waals surface area contributed by atoms with Crippen molar-refractivity contribution in [1.29, 1.82) is 0 Å². The zero-order chi connectivity index (χ0) is 44.3. The molecule has 0 bridgehead atoms. The fourth-order valence-electron chi connectivity index (χ4n) is 16.5. The molecule has 66 heavy (non-hydrogen) atoms. The molecule has 0 radical (unpaired) electrons. The van der Waals surface area contributed by atoms with Gasteiger partial charge in [0.1, 0.15) is 0 Å². The highest BCUT2D eigenvalue weighted by molar-refractivity contribution is 5.95. The monoisotopic (exact) mass is 865 g/mol. The quantitative estimate of drug-likeness (QED) is 0.228. The predicted octanol–water partition coefficient (Wildman–Crippen LogP) is 15.8. The molecule has 0 aromatic heterocycles. The Balaban J connectivity index is 0.980. The zero-order valence-corrected chi connectivity index (χ0v) is 39.8. The van der Waals surface area contributed by atoms with E-state index in [0.717, 1.165) is 38.5 Å². The summed E-state index contributed by atoms with van der Waals surface area (Å²) in [5.41, 5.74) is 17.4. The van der Waals surface area contributed by atoms with Crippen molar-refractivity contribution in [3.05, 3.63) is 196 Å². The fraction of sp³-hybridized carbons (Fsp3) is 0.406. The van der Waals surface area contributed by atoms with Gasteiger partial charge in [0, 0.05) is 44.9 Å². The third-order valence-electron chi connectivity index (χ3n) is 18.9. The van der Waals surface area contributed by atoms with Crippen molar-refractivity contribution in [3.8, 4) is 0 Å². The number of hydrogen-bond donors (Lipinski definition) is 0. The summed E-state index contributed by atoms with van der Waals surface area (Å²) in [7, 11) is 0. The van der Waals surface area contributed by atoms with Crippen LogP contribution < -0.4 is 9.80 Å². The van der Waals surface area contributed by atoms with Crippen LogP contribution in [0.25, 0.3) is 16.3 Å². The second-order valence-electron chi connectivity index (χ2n) is 22.4. The molecule has 3 aromatic rings. The van der Waals surface area contributed by atoms with Gasteiger partial charge in [0.2, 0.25) is 0 Å². The molecule has 0 N–H and O–H groups in total. The summed E-state index contributed by atoms with van der Waals surface area (Å²) < 4.78 is 0. The summed E-state index contributed by atoms with van der Waals surface area (Å²) >= 11 is 0. The van der Waals surface area contributed by atoms with Crippen LogP contribution in [0.5, 0.6) is 0 Å². The van der Waals surface area contributed by atoms with Gasteiger partial charge in [0.15, 0.2) is 0 Å². The van der Waals surface area contributed by atoms with Crippen molar-refractivity contribution in [2.24, 2.45) is 40.9 Å². The molecule has 2 nitrogen and oxygen atoms in total. The third kappa shape index (κ3) is 5.85. The van der Waals surface area contributed by atoms with E-state index >= 15 is 0 Å². The van der Waals surface area contributed by atoms with Gasteiger partial charge < -0.3 is 9.80 Å². The molecule has 2 saturated carbocycles. The Morgan fingerprint density at radius 1 is 0.667 bits per heavy atom. The summed E-state index contributed by atoms with van der Waals surface area (Å²) in [5.74, 6) is 3.47. The molecule has 13 rings (SSSR count). The number of anilines is 2. The van der Waals surface area contributed by atoms with E-state index in [2.05, 4.69) is 189 Å². The van der Waals surface area contributed by atoms with Crippen molar-refractivity contribution in [2.75, 3.05) is 9.80 Å². The van der Waals surface area contributed by atoms with E-state index in [0.29, 0.717) is 41.5 Å². The molecule has 10 aliphatic rings. The summed E-state index contributed by atoms with van der Waals surface area (Å²) in [6.45, 7) is 10.1. The normalized spacial score (nSPS) is 34.1. The Bertz CT molecular complexity index is 2870. The highest BCUT2D eigenvalue weighted by atomic mass is 15.2. The minimum absolute atomic E-state index is 0.0516. The second-order valence-corrected chi connectivity index (χ2v) is 22.4. The highest BCUT2D eigenvalue weighted by Gasteiger charge is 2.67. The third-order valence-corrected chi connectivity index (χ3v) is 18.9. The van der Waals surface area contributed by atoms with E-state index in [9.17, 15) is 0 Å². The Kier molecular flexibility index (Phi) is 9.68. The zero-order valence-electron chi connectivity index (χ0n) is 39.8. The van der Waals surface area contributed by atoms with Crippen LogP contribution in [-0.2, 0) is 5.41 Å². The van der Waals surface area contributed by atoms with Crippen LogP contribution in [0, 0.1) is 40.9 Å². The molecule has 10 aliphatic carbocycles. The van der Waals surface area contributed by atoms with Gasteiger partial charge in [-0.2, -0.15) is 0 Å². The first-order chi connectivity index (χ1) is 32.4. The highest BCUT2D eigenvalue weighted by Crippen LogP contribution is 2.72. The van der Waals surface area contributed by atoms with Crippen LogP contribution in [-0.4, -0.2) is 18.1 Å². The van der Waals surface area contributed by atoms with Crippen molar-refractivity contribution in [1.82, 2.24) is 0 Å². The molecule has 2 fully saturated rings. The molecule has 2 heteroatoms. The summed E-state index contributed by atoms with van der Waals surface area (Å²) in [6.07, 6.45) is 50.3. The molecule has 0 saturated heterocycles. The van der Waals surface area contributed by atoms with Crippen LogP contribution >= 0.6 is 0 Å². The number of hydrogen-bond acceptors (Lipinski definition) is 2. The van der Waals surface area contributed by atoms with Gasteiger partial charge in [0.05, 0.1) is 12.1 Å². The number of benzene rings is 3. The lowest BCUT2D eigenvalue weighted by Gasteiger charge is -2.50. The van der Waals surface area contributed by atoms with Gasteiger partial charge in [-0.05, 0) is 163 Å². The minimum Gasteiger partial charge on any atom is -0.357 e. The SMILES string of the molecule is CC1C=CC=CC1N(c1cccc2c1C1=C(C=CCC1)C21C2CC(N(C3=CC=CCC3)c3cccc4ccccc34)CC(C)C2[C@H]2CCC=CC21)C1C=CC2=C(C1)C(C)(C)C1=C2CCC=C1. The van der Waals surface area contributed by atoms with Gasteiger partial charge in [0.25, 0.3) is 0 Å². The van der Waals surface area contributed by atoms with Crippen LogP contribution in [0.2, 0.25) is 0 Å². The van der Waals surface area contributed by atoms with Gasteiger partial charge in [-0.25, -0.2) is 0 Å². The van der Waals surface area contributed by atoms with E-state index in [4.69, 9.17) is 0 Å². The fourth-order valence-corrected chi connectivity index (χ4v) is 16.5. The molecule has 0 heterocycles. The van der Waals surface area contributed by atoms with Crippen LogP contribution in [0.4, 0.5) is 11.4 Å². The lowest BCUT2D eigenvalue weighted by Crippen LogP contribution is -2.48. The first-order valence-electron chi connectivity index (χ1n) is 26.1. The number of fused-ring (bicyclic) bond motifs is 11. The maximum Gasteiger partial charge on any atom is 0.0542 e. The molecular weight excluding hydrogens is 797 g/mol. The smallest absolute Gasteiger partial charge is 0.0542 e. The van der Waals surface area contributed by atoms with E-state index < -0.39 is 0 Å². The van der Waals surface area contributed by atoms with Crippen LogP contribution in [0.15, 0.2) is 185 Å².